The number of nitrogens with one attached hydrogen (secondary N) is 1. The lowest BCUT2D eigenvalue weighted by atomic mass is 10.1. The maximum absolute atomic E-state index is 4.91. The molecule has 0 bridgehead atoms. The van der Waals surface area contributed by atoms with Gasteiger partial charge in [0, 0.05) is 43.6 Å². The highest BCUT2D eigenvalue weighted by Gasteiger charge is 2.19. The second-order valence-corrected chi connectivity index (χ2v) is 6.26. The van der Waals surface area contributed by atoms with Crippen molar-refractivity contribution < 1.29 is 0 Å². The number of nitrogens with zero attached hydrogens (tertiary/aromatic N) is 5. The van der Waals surface area contributed by atoms with Crippen LogP contribution in [0.15, 0.2) is 36.7 Å². The van der Waals surface area contributed by atoms with Crippen molar-refractivity contribution in [2.75, 3.05) is 24.5 Å². The van der Waals surface area contributed by atoms with Crippen LogP contribution in [0, 0.1) is 0 Å². The molecule has 0 aliphatic carbocycles. The molecular weight excluding hydrogens is 300 g/mol. The van der Waals surface area contributed by atoms with Crippen LogP contribution in [0.4, 0.5) is 5.82 Å². The summed E-state index contributed by atoms with van der Waals surface area (Å²) in [5.41, 5.74) is 4.14. The third kappa shape index (κ3) is 2.63. The molecule has 0 saturated carbocycles. The molecule has 3 aromatic heterocycles. The Morgan fingerprint density at radius 2 is 2.04 bits per heavy atom. The Kier molecular flexibility index (Phi) is 3.90. The topological polar surface area (TPSA) is 58.4 Å². The number of imidazole rings is 1. The standard InChI is InChI=1S/C18H22N6/c1-3-15-18(14-6-8-19-9-7-14)24-16(21-15)4-5-17(22-24)23-11-10-20-13(2)12-23/h4-9,13,20H,3,10-12H2,1-2H3/t13-/m1/s1. The van der Waals surface area contributed by atoms with E-state index in [0.29, 0.717) is 6.04 Å². The van der Waals surface area contributed by atoms with Crippen LogP contribution in [0.3, 0.4) is 0 Å². The maximum Gasteiger partial charge on any atom is 0.154 e. The van der Waals surface area contributed by atoms with E-state index >= 15 is 0 Å². The van der Waals surface area contributed by atoms with Gasteiger partial charge in [-0.2, -0.15) is 0 Å². The molecule has 0 amide bonds. The number of pyridine rings is 1. The van der Waals surface area contributed by atoms with Gasteiger partial charge in [-0.15, -0.1) is 5.10 Å². The number of piperazine rings is 1. The number of aromatic nitrogens is 4. The minimum absolute atomic E-state index is 0.477. The fourth-order valence-corrected chi connectivity index (χ4v) is 3.32. The molecule has 0 radical (unpaired) electrons. The van der Waals surface area contributed by atoms with Gasteiger partial charge < -0.3 is 10.2 Å². The second-order valence-electron chi connectivity index (χ2n) is 6.26. The molecule has 4 rings (SSSR count). The lowest BCUT2D eigenvalue weighted by molar-refractivity contribution is 0.481. The summed E-state index contributed by atoms with van der Waals surface area (Å²) in [7, 11) is 0. The Morgan fingerprint density at radius 3 is 2.79 bits per heavy atom. The summed E-state index contributed by atoms with van der Waals surface area (Å²) < 4.78 is 1.98. The highest BCUT2D eigenvalue weighted by atomic mass is 15.3. The van der Waals surface area contributed by atoms with Gasteiger partial charge in [-0.3, -0.25) is 4.98 Å². The minimum atomic E-state index is 0.477. The molecule has 1 aliphatic rings. The van der Waals surface area contributed by atoms with Crippen LogP contribution in [0.2, 0.25) is 0 Å². The highest BCUT2D eigenvalue weighted by molar-refractivity contribution is 5.67. The van der Waals surface area contributed by atoms with Crippen LogP contribution in [0.1, 0.15) is 19.5 Å². The van der Waals surface area contributed by atoms with Gasteiger partial charge in [0.05, 0.1) is 11.4 Å². The van der Waals surface area contributed by atoms with Crippen LogP contribution in [-0.2, 0) is 6.42 Å². The third-order valence-electron chi connectivity index (χ3n) is 4.52. The predicted octanol–water partition coefficient (Wildman–Crippen LogP) is 2.15. The summed E-state index contributed by atoms with van der Waals surface area (Å²) in [5.74, 6) is 1.01. The lowest BCUT2D eigenvalue weighted by Crippen LogP contribution is -2.49. The van der Waals surface area contributed by atoms with Crippen LogP contribution in [-0.4, -0.2) is 45.3 Å². The van der Waals surface area contributed by atoms with Crippen molar-refractivity contribution in [1.82, 2.24) is 24.9 Å². The van der Waals surface area contributed by atoms with Gasteiger partial charge in [-0.05, 0) is 37.6 Å². The molecule has 1 N–H and O–H groups in total. The van der Waals surface area contributed by atoms with E-state index in [9.17, 15) is 0 Å². The van der Waals surface area contributed by atoms with Crippen LogP contribution in [0.25, 0.3) is 16.9 Å². The molecule has 3 aromatic rings. The molecule has 1 saturated heterocycles. The normalized spacial score (nSPS) is 18.2. The average molecular weight is 322 g/mol. The van der Waals surface area contributed by atoms with Crippen LogP contribution in [0.5, 0.6) is 0 Å². The second kappa shape index (κ2) is 6.20. The molecule has 6 heteroatoms. The third-order valence-corrected chi connectivity index (χ3v) is 4.52. The summed E-state index contributed by atoms with van der Waals surface area (Å²) in [6, 6.07) is 8.66. The molecule has 124 valence electrons. The average Bonchev–Trinajstić information content (AvgIpc) is 3.00. The van der Waals surface area contributed by atoms with Gasteiger partial charge in [0.1, 0.15) is 5.82 Å². The zero-order valence-electron chi connectivity index (χ0n) is 14.1. The van der Waals surface area contributed by atoms with E-state index in [4.69, 9.17) is 10.1 Å². The van der Waals surface area contributed by atoms with Gasteiger partial charge >= 0.3 is 0 Å². The Labute approximate surface area is 141 Å². The van der Waals surface area contributed by atoms with Crippen molar-refractivity contribution in [3.05, 3.63) is 42.4 Å². The summed E-state index contributed by atoms with van der Waals surface area (Å²) in [4.78, 5) is 11.2. The summed E-state index contributed by atoms with van der Waals surface area (Å²) in [6.07, 6.45) is 4.51. The van der Waals surface area contributed by atoms with Crippen molar-refractivity contribution in [3.8, 4) is 11.3 Å². The Balaban J connectivity index is 1.83. The van der Waals surface area contributed by atoms with Crippen molar-refractivity contribution in [2.24, 2.45) is 0 Å². The van der Waals surface area contributed by atoms with Gasteiger partial charge in [0.15, 0.2) is 5.65 Å². The van der Waals surface area contributed by atoms with Crippen molar-refractivity contribution in [1.29, 1.82) is 0 Å². The molecule has 1 fully saturated rings. The molecule has 1 aliphatic heterocycles. The lowest BCUT2D eigenvalue weighted by Gasteiger charge is -2.32. The Morgan fingerprint density at radius 1 is 1.21 bits per heavy atom. The fourth-order valence-electron chi connectivity index (χ4n) is 3.32. The number of hydrogen-bond acceptors (Lipinski definition) is 5. The monoisotopic (exact) mass is 322 g/mol. The van der Waals surface area contributed by atoms with E-state index in [1.807, 2.05) is 29.0 Å². The van der Waals surface area contributed by atoms with E-state index in [-0.39, 0.29) is 0 Å². The first-order chi connectivity index (χ1) is 11.8. The molecule has 4 heterocycles. The molecule has 0 unspecified atom stereocenters. The van der Waals surface area contributed by atoms with E-state index < -0.39 is 0 Å². The zero-order chi connectivity index (χ0) is 16.5. The molecule has 6 nitrogen and oxygen atoms in total. The summed E-state index contributed by atoms with van der Waals surface area (Å²) in [6.45, 7) is 7.27. The largest absolute Gasteiger partial charge is 0.352 e. The number of anilines is 1. The van der Waals surface area contributed by atoms with Crippen LogP contribution >= 0.6 is 0 Å². The van der Waals surface area contributed by atoms with Gasteiger partial charge in [0.25, 0.3) is 0 Å². The Bertz CT molecular complexity index is 841. The van der Waals surface area contributed by atoms with E-state index in [0.717, 1.165) is 54.5 Å². The smallest absolute Gasteiger partial charge is 0.154 e. The quantitative estimate of drug-likeness (QED) is 0.801. The van der Waals surface area contributed by atoms with E-state index in [1.165, 1.54) is 0 Å². The summed E-state index contributed by atoms with van der Waals surface area (Å²) in [5, 5.41) is 8.38. The Hall–Kier alpha value is -2.47. The summed E-state index contributed by atoms with van der Waals surface area (Å²) >= 11 is 0. The minimum Gasteiger partial charge on any atom is -0.352 e. The van der Waals surface area contributed by atoms with Crippen LogP contribution < -0.4 is 10.2 Å². The number of aryl methyl sites for hydroxylation is 1. The molecule has 0 spiro atoms. The van der Waals surface area contributed by atoms with Crippen molar-refractivity contribution in [3.63, 3.8) is 0 Å². The first kappa shape index (κ1) is 15.1. The molecule has 1 atom stereocenters. The fraction of sp³-hybridized carbons (Fsp3) is 0.389. The van der Waals surface area contributed by atoms with E-state index in [1.54, 1.807) is 0 Å². The van der Waals surface area contributed by atoms with Gasteiger partial charge in [-0.25, -0.2) is 9.50 Å². The van der Waals surface area contributed by atoms with Gasteiger partial charge in [0.2, 0.25) is 0 Å². The van der Waals surface area contributed by atoms with Gasteiger partial charge in [-0.1, -0.05) is 6.92 Å². The molecule has 24 heavy (non-hydrogen) atoms. The number of fused-ring (bicyclic) bond motifs is 1. The number of hydrogen-bond donors (Lipinski definition) is 1. The SMILES string of the molecule is CCc1nc2ccc(N3CCN[C@H](C)C3)nn2c1-c1ccncc1. The predicted molar refractivity (Wildman–Crippen MR) is 95.3 cm³/mol. The van der Waals surface area contributed by atoms with Crippen molar-refractivity contribution >= 4 is 11.5 Å². The molecular formula is C18H22N6. The first-order valence-electron chi connectivity index (χ1n) is 8.53. The van der Waals surface area contributed by atoms with E-state index in [2.05, 4.69) is 41.2 Å². The first-order valence-corrected chi connectivity index (χ1v) is 8.53. The highest BCUT2D eigenvalue weighted by Crippen LogP contribution is 2.26. The van der Waals surface area contributed by atoms with Crippen molar-refractivity contribution in [2.45, 2.75) is 26.3 Å². The zero-order valence-corrected chi connectivity index (χ0v) is 14.1. The molecule has 0 aromatic carbocycles. The maximum atomic E-state index is 4.91. The number of rotatable bonds is 3.